The molecule has 0 aliphatic carbocycles. The van der Waals surface area contributed by atoms with Gasteiger partial charge in [0, 0.05) is 24.9 Å². The number of carbonyl (C=O) groups is 3. The van der Waals surface area contributed by atoms with Crippen LogP contribution >= 0.6 is 0 Å². The first-order valence-electron chi connectivity index (χ1n) is 11.3. The Kier molecular flexibility index (Phi) is 5.58. The Labute approximate surface area is 200 Å². The second-order valence-electron chi connectivity index (χ2n) is 8.97. The first-order chi connectivity index (χ1) is 16.8. The Morgan fingerprint density at radius 2 is 1.91 bits per heavy atom. The second-order valence-corrected chi connectivity index (χ2v) is 8.97. The average molecular weight is 478 g/mol. The molecule has 2 aromatic carbocycles. The van der Waals surface area contributed by atoms with Crippen molar-refractivity contribution in [3.8, 4) is 11.5 Å². The molecule has 180 valence electrons. The number of nitrogens with zero attached hydrogens (tertiary/aromatic N) is 4. The summed E-state index contributed by atoms with van der Waals surface area (Å²) in [4.78, 5) is 47.2. The largest absolute Gasteiger partial charge is 0.454 e. The molecule has 0 bridgehead atoms. The number of amides is 2. The van der Waals surface area contributed by atoms with Crippen molar-refractivity contribution < 1.29 is 28.0 Å². The maximum Gasteiger partial charge on any atom is 0.354 e. The lowest BCUT2D eigenvalue weighted by Crippen LogP contribution is -2.69. The van der Waals surface area contributed by atoms with Gasteiger partial charge in [-0.3, -0.25) is 14.5 Å². The van der Waals surface area contributed by atoms with Gasteiger partial charge in [0.05, 0.1) is 11.3 Å². The van der Waals surface area contributed by atoms with Crippen molar-refractivity contribution in [2.24, 2.45) is 5.92 Å². The van der Waals surface area contributed by atoms with E-state index < -0.39 is 17.4 Å². The number of para-hydroxylation sites is 1. The van der Waals surface area contributed by atoms with Crippen molar-refractivity contribution in [1.29, 1.82) is 0 Å². The molecule has 1 aromatic heterocycles. The molecule has 0 radical (unpaired) electrons. The number of anilines is 1. The van der Waals surface area contributed by atoms with Crippen molar-refractivity contribution >= 4 is 23.5 Å². The lowest BCUT2D eigenvalue weighted by molar-refractivity contribution is -0.159. The molecule has 2 aliphatic rings. The number of aromatic nitrogens is 2. The van der Waals surface area contributed by atoms with Gasteiger partial charge in [-0.05, 0) is 42.3 Å². The third-order valence-electron chi connectivity index (χ3n) is 6.14. The van der Waals surface area contributed by atoms with Gasteiger partial charge < -0.3 is 14.2 Å². The molecule has 10 heteroatoms. The summed E-state index contributed by atoms with van der Waals surface area (Å²) in [6.07, 6.45) is 0.215. The highest BCUT2D eigenvalue weighted by molar-refractivity contribution is 6.15. The van der Waals surface area contributed by atoms with Crippen LogP contribution in [0.1, 0.15) is 42.9 Å². The molecule has 0 N–H and O–H groups in total. The lowest BCUT2D eigenvalue weighted by atomic mass is 9.95. The van der Waals surface area contributed by atoms with Crippen molar-refractivity contribution in [1.82, 2.24) is 15.0 Å². The van der Waals surface area contributed by atoms with Crippen LogP contribution in [0.3, 0.4) is 0 Å². The maximum absolute atomic E-state index is 13.6. The second kappa shape index (κ2) is 8.61. The third kappa shape index (κ3) is 3.74. The fraction of sp³-hybridized carbons (Fsp3) is 0.320. The van der Waals surface area contributed by atoms with Crippen LogP contribution in [0.5, 0.6) is 0 Å². The summed E-state index contributed by atoms with van der Waals surface area (Å²) in [5.41, 5.74) is -0.305. The molecule has 1 saturated heterocycles. The maximum atomic E-state index is 13.6. The predicted octanol–water partition coefficient (Wildman–Crippen LogP) is 3.55. The molecule has 0 spiro atoms. The third-order valence-corrected chi connectivity index (χ3v) is 6.14. The van der Waals surface area contributed by atoms with Crippen LogP contribution in [0.2, 0.25) is 0 Å². The van der Waals surface area contributed by atoms with E-state index in [4.69, 9.17) is 9.26 Å². The number of carbonyl (C=O) groups excluding carboxylic acids is 3. The van der Waals surface area contributed by atoms with Crippen molar-refractivity contribution in [3.63, 3.8) is 0 Å². The Bertz CT molecular complexity index is 1310. The van der Waals surface area contributed by atoms with Crippen molar-refractivity contribution in [2.75, 3.05) is 11.4 Å². The number of hydrogen-bond donors (Lipinski definition) is 0. The summed E-state index contributed by atoms with van der Waals surface area (Å²) in [6, 6.07) is 12.3. The van der Waals surface area contributed by atoms with Crippen LogP contribution in [0, 0.1) is 11.7 Å². The van der Waals surface area contributed by atoms with Gasteiger partial charge in [0.15, 0.2) is 6.61 Å². The fourth-order valence-corrected chi connectivity index (χ4v) is 4.63. The number of benzene rings is 2. The lowest BCUT2D eigenvalue weighted by Gasteiger charge is -2.48. The molecule has 2 aliphatic heterocycles. The SMILES string of the molecule is CC(C)CN1C(=O)c2ccccc2N2C(=O)CCC12C(=O)OCc1noc(-c2ccc(F)cc2)n1. The zero-order chi connectivity index (χ0) is 24.7. The molecule has 3 heterocycles. The van der Waals surface area contributed by atoms with Crippen LogP contribution in [0.15, 0.2) is 53.1 Å². The molecule has 2 amide bonds. The first-order valence-corrected chi connectivity index (χ1v) is 11.3. The minimum atomic E-state index is -1.59. The zero-order valence-corrected chi connectivity index (χ0v) is 19.2. The minimum absolute atomic E-state index is 0.0434. The van der Waals surface area contributed by atoms with Gasteiger partial charge >= 0.3 is 5.97 Å². The van der Waals surface area contributed by atoms with Crippen LogP contribution in [0.25, 0.3) is 11.5 Å². The molecule has 0 saturated carbocycles. The number of fused-ring (bicyclic) bond motifs is 3. The van der Waals surface area contributed by atoms with Crippen LogP contribution in [-0.4, -0.2) is 45.0 Å². The smallest absolute Gasteiger partial charge is 0.354 e. The van der Waals surface area contributed by atoms with E-state index in [1.54, 1.807) is 24.3 Å². The minimum Gasteiger partial charge on any atom is -0.454 e. The fourth-order valence-electron chi connectivity index (χ4n) is 4.63. The van der Waals surface area contributed by atoms with Crippen LogP contribution in [-0.2, 0) is 20.9 Å². The highest BCUT2D eigenvalue weighted by Gasteiger charge is 2.62. The summed E-state index contributed by atoms with van der Waals surface area (Å²) in [7, 11) is 0. The van der Waals surface area contributed by atoms with Crippen LogP contribution < -0.4 is 4.90 Å². The summed E-state index contributed by atoms with van der Waals surface area (Å²) in [6.45, 7) is 3.82. The Morgan fingerprint density at radius 1 is 1.17 bits per heavy atom. The van der Waals surface area contributed by atoms with Gasteiger partial charge in [-0.1, -0.05) is 31.1 Å². The van der Waals surface area contributed by atoms with Gasteiger partial charge in [-0.15, -0.1) is 0 Å². The normalized spacial score (nSPS) is 19.2. The standard InChI is InChI=1S/C25H23FN4O5/c1-15(2)13-29-23(32)18-5-3-4-6-19(18)30-21(31)11-12-25(29,30)24(33)34-14-20-27-22(35-28-20)16-7-9-17(26)10-8-16/h3-10,15H,11-14H2,1-2H3. The van der Waals surface area contributed by atoms with E-state index in [0.717, 1.165) is 0 Å². The summed E-state index contributed by atoms with van der Waals surface area (Å²) < 4.78 is 24.0. The van der Waals surface area contributed by atoms with E-state index in [9.17, 15) is 18.8 Å². The first kappa shape index (κ1) is 22.7. The van der Waals surface area contributed by atoms with E-state index in [1.165, 1.54) is 34.1 Å². The average Bonchev–Trinajstić information content (AvgIpc) is 3.46. The van der Waals surface area contributed by atoms with Crippen LogP contribution in [0.4, 0.5) is 10.1 Å². The number of ether oxygens (including phenoxy) is 1. The van der Waals surface area contributed by atoms with Gasteiger partial charge in [0.2, 0.25) is 17.4 Å². The molecule has 5 rings (SSSR count). The number of halogens is 1. The highest BCUT2D eigenvalue weighted by Crippen LogP contribution is 2.45. The van der Waals surface area contributed by atoms with Gasteiger partial charge in [0.1, 0.15) is 5.82 Å². The zero-order valence-electron chi connectivity index (χ0n) is 19.2. The molecule has 35 heavy (non-hydrogen) atoms. The monoisotopic (exact) mass is 478 g/mol. The number of esters is 1. The summed E-state index contributed by atoms with van der Waals surface area (Å²) in [5, 5.41) is 3.83. The van der Waals surface area contributed by atoms with E-state index in [-0.39, 0.29) is 55.4 Å². The topological polar surface area (TPSA) is 106 Å². The molecular weight excluding hydrogens is 455 g/mol. The van der Waals surface area contributed by atoms with E-state index in [0.29, 0.717) is 16.8 Å². The van der Waals surface area contributed by atoms with Gasteiger partial charge in [0.25, 0.3) is 11.8 Å². The summed E-state index contributed by atoms with van der Waals surface area (Å²) in [5.74, 6) is -1.42. The Balaban J connectivity index is 1.45. The van der Waals surface area contributed by atoms with Gasteiger partial charge in [-0.25, -0.2) is 9.18 Å². The van der Waals surface area contributed by atoms with Gasteiger partial charge in [-0.2, -0.15) is 4.98 Å². The Morgan fingerprint density at radius 3 is 2.66 bits per heavy atom. The Hall–Kier alpha value is -4.08. The molecule has 1 fully saturated rings. The molecular formula is C25H23FN4O5. The number of rotatable bonds is 6. The molecule has 3 aromatic rings. The van der Waals surface area contributed by atoms with E-state index >= 15 is 0 Å². The quantitative estimate of drug-likeness (QED) is 0.499. The predicted molar refractivity (Wildman–Crippen MR) is 121 cm³/mol. The van der Waals surface area contributed by atoms with Crippen molar-refractivity contribution in [3.05, 3.63) is 65.7 Å². The van der Waals surface area contributed by atoms with E-state index in [1.807, 2.05) is 13.8 Å². The summed E-state index contributed by atoms with van der Waals surface area (Å²) >= 11 is 0. The molecule has 1 unspecified atom stereocenters. The molecule has 9 nitrogen and oxygen atoms in total. The highest BCUT2D eigenvalue weighted by atomic mass is 19.1. The van der Waals surface area contributed by atoms with Crippen molar-refractivity contribution in [2.45, 2.75) is 39.0 Å². The van der Waals surface area contributed by atoms with E-state index in [2.05, 4.69) is 10.1 Å². The number of hydrogen-bond acceptors (Lipinski definition) is 7. The molecule has 1 atom stereocenters.